The second-order valence-corrected chi connectivity index (χ2v) is 9.30. The number of piperidine rings is 1. The predicted molar refractivity (Wildman–Crippen MR) is 132 cm³/mol. The normalized spacial score (nSPS) is 15.2. The van der Waals surface area contributed by atoms with E-state index in [4.69, 9.17) is 16.0 Å². The maximum atomic E-state index is 13.3. The summed E-state index contributed by atoms with van der Waals surface area (Å²) >= 11 is 6.19. The van der Waals surface area contributed by atoms with E-state index < -0.39 is 0 Å². The molecule has 170 valence electrons. The van der Waals surface area contributed by atoms with Gasteiger partial charge in [0, 0.05) is 49.4 Å². The summed E-state index contributed by atoms with van der Waals surface area (Å²) in [6.07, 6.45) is 1.89. The van der Waals surface area contributed by atoms with Gasteiger partial charge in [-0.3, -0.25) is 9.69 Å². The van der Waals surface area contributed by atoms with E-state index in [1.165, 1.54) is 5.56 Å². The van der Waals surface area contributed by atoms with Crippen LogP contribution in [0, 0.1) is 6.92 Å². The molecule has 1 N–H and O–H groups in total. The van der Waals surface area contributed by atoms with Gasteiger partial charge in [-0.15, -0.1) is 0 Å². The molecule has 1 fully saturated rings. The van der Waals surface area contributed by atoms with Crippen LogP contribution in [-0.2, 0) is 13.1 Å². The second-order valence-electron chi connectivity index (χ2n) is 8.86. The molecule has 2 aromatic heterocycles. The third kappa shape index (κ3) is 5.00. The smallest absolute Gasteiger partial charge is 0.268 e. The molecule has 5 rings (SSSR count). The first-order valence-electron chi connectivity index (χ1n) is 11.5. The molecule has 0 bridgehead atoms. The number of aromatic nitrogens is 1. The number of hydrogen-bond acceptors (Lipinski definition) is 3. The molecule has 1 amide bonds. The monoisotopic (exact) mass is 461 g/mol. The van der Waals surface area contributed by atoms with Gasteiger partial charge < -0.3 is 14.3 Å². The van der Waals surface area contributed by atoms with Gasteiger partial charge in [0.25, 0.3) is 5.91 Å². The lowest BCUT2D eigenvalue weighted by Gasteiger charge is -2.32. The van der Waals surface area contributed by atoms with Crippen LogP contribution in [0.2, 0.25) is 5.02 Å². The van der Waals surface area contributed by atoms with Crippen LogP contribution < -0.4 is 5.32 Å². The Bertz CT molecular complexity index is 1250. The highest BCUT2D eigenvalue weighted by Gasteiger charge is 2.24. The minimum absolute atomic E-state index is 0.0532. The summed E-state index contributed by atoms with van der Waals surface area (Å²) in [6, 6.07) is 22.3. The van der Waals surface area contributed by atoms with Gasteiger partial charge in [-0.1, -0.05) is 54.1 Å². The highest BCUT2D eigenvalue weighted by atomic mass is 35.5. The number of carbonyl (C=O) groups is 1. The van der Waals surface area contributed by atoms with E-state index in [1.54, 1.807) is 0 Å². The Hall–Kier alpha value is -3.02. The quantitative estimate of drug-likeness (QED) is 0.404. The van der Waals surface area contributed by atoms with Crippen molar-refractivity contribution >= 4 is 28.6 Å². The van der Waals surface area contributed by atoms with E-state index in [1.807, 2.05) is 54.0 Å². The van der Waals surface area contributed by atoms with Gasteiger partial charge in [-0.25, -0.2) is 0 Å². The molecule has 2 aromatic carbocycles. The molecular weight excluding hydrogens is 434 g/mol. The molecule has 1 aliphatic heterocycles. The van der Waals surface area contributed by atoms with Crippen LogP contribution in [-0.4, -0.2) is 34.5 Å². The summed E-state index contributed by atoms with van der Waals surface area (Å²) in [5, 5.41) is 3.96. The van der Waals surface area contributed by atoms with Crippen LogP contribution in [0.4, 0.5) is 0 Å². The fourth-order valence-corrected chi connectivity index (χ4v) is 4.89. The van der Waals surface area contributed by atoms with Crippen molar-refractivity contribution in [3.05, 3.63) is 94.3 Å². The van der Waals surface area contributed by atoms with E-state index in [0.29, 0.717) is 17.3 Å². The number of fused-ring (bicyclic) bond motifs is 1. The first-order valence-corrected chi connectivity index (χ1v) is 11.8. The van der Waals surface area contributed by atoms with Crippen molar-refractivity contribution in [3.8, 4) is 0 Å². The van der Waals surface area contributed by atoms with Crippen LogP contribution in [0.15, 0.2) is 71.1 Å². The Morgan fingerprint density at radius 2 is 1.76 bits per heavy atom. The number of nitrogens with zero attached hydrogens (tertiary/aromatic N) is 2. The third-order valence-electron chi connectivity index (χ3n) is 6.35. The lowest BCUT2D eigenvalue weighted by molar-refractivity contribution is 0.0900. The largest absolute Gasteiger partial charge is 0.460 e. The van der Waals surface area contributed by atoms with E-state index in [-0.39, 0.29) is 11.9 Å². The van der Waals surface area contributed by atoms with Crippen LogP contribution in [0.3, 0.4) is 0 Å². The minimum atomic E-state index is -0.0532. The Labute approximate surface area is 198 Å². The van der Waals surface area contributed by atoms with Gasteiger partial charge in [0.05, 0.1) is 5.52 Å². The summed E-state index contributed by atoms with van der Waals surface area (Å²) < 4.78 is 7.85. The number of halogens is 1. The van der Waals surface area contributed by atoms with Gasteiger partial charge in [0.2, 0.25) is 0 Å². The molecule has 0 unspecified atom stereocenters. The van der Waals surface area contributed by atoms with Gasteiger partial charge >= 0.3 is 0 Å². The fourth-order valence-electron chi connectivity index (χ4n) is 4.68. The summed E-state index contributed by atoms with van der Waals surface area (Å²) in [5.41, 5.74) is 4.65. The van der Waals surface area contributed by atoms with E-state index in [2.05, 4.69) is 34.5 Å². The molecule has 4 aromatic rings. The SMILES string of the molecule is Cc1cc2c(cc(C(=O)NC3CCN(Cc4ccccc4)CC3)n2Cc2cccc(Cl)c2)o1. The number of benzene rings is 2. The Balaban J connectivity index is 1.28. The summed E-state index contributed by atoms with van der Waals surface area (Å²) in [4.78, 5) is 15.8. The van der Waals surface area contributed by atoms with Crippen molar-refractivity contribution in [1.82, 2.24) is 14.8 Å². The zero-order valence-corrected chi connectivity index (χ0v) is 19.5. The van der Waals surface area contributed by atoms with Crippen molar-refractivity contribution < 1.29 is 9.21 Å². The Morgan fingerprint density at radius 1 is 1.00 bits per heavy atom. The van der Waals surface area contributed by atoms with Crippen LogP contribution in [0.1, 0.15) is 40.2 Å². The third-order valence-corrected chi connectivity index (χ3v) is 6.58. The molecule has 6 heteroatoms. The van der Waals surface area contributed by atoms with Crippen molar-refractivity contribution in [2.75, 3.05) is 13.1 Å². The zero-order valence-electron chi connectivity index (χ0n) is 18.8. The molecule has 5 nitrogen and oxygen atoms in total. The first-order chi connectivity index (χ1) is 16.0. The molecule has 0 atom stereocenters. The molecule has 0 aliphatic carbocycles. The van der Waals surface area contributed by atoms with Crippen LogP contribution in [0.25, 0.3) is 11.1 Å². The number of carbonyl (C=O) groups excluding carboxylic acids is 1. The first kappa shape index (κ1) is 21.8. The molecule has 0 spiro atoms. The molecule has 1 saturated heterocycles. The Kier molecular flexibility index (Phi) is 6.25. The highest BCUT2D eigenvalue weighted by Crippen LogP contribution is 2.26. The van der Waals surface area contributed by atoms with Gasteiger partial charge in [-0.2, -0.15) is 0 Å². The van der Waals surface area contributed by atoms with Crippen molar-refractivity contribution in [2.24, 2.45) is 0 Å². The van der Waals surface area contributed by atoms with Crippen molar-refractivity contribution in [3.63, 3.8) is 0 Å². The molecule has 0 saturated carbocycles. The number of likely N-dealkylation sites (tertiary alicyclic amines) is 1. The maximum Gasteiger partial charge on any atom is 0.268 e. The molecular formula is C27H28ClN3O2. The fraction of sp³-hybridized carbons (Fsp3) is 0.296. The summed E-state index contributed by atoms with van der Waals surface area (Å²) in [6.45, 7) is 5.39. The van der Waals surface area contributed by atoms with Crippen LogP contribution in [0.5, 0.6) is 0 Å². The van der Waals surface area contributed by atoms with E-state index >= 15 is 0 Å². The molecule has 33 heavy (non-hydrogen) atoms. The number of rotatable bonds is 6. The van der Waals surface area contributed by atoms with Gasteiger partial charge in [0.15, 0.2) is 5.58 Å². The lowest BCUT2D eigenvalue weighted by Crippen LogP contribution is -2.44. The van der Waals surface area contributed by atoms with Gasteiger partial charge in [-0.05, 0) is 43.0 Å². The van der Waals surface area contributed by atoms with Crippen molar-refractivity contribution in [1.29, 1.82) is 0 Å². The predicted octanol–water partition coefficient (Wildman–Crippen LogP) is 5.64. The molecule has 0 radical (unpaired) electrons. The van der Waals surface area contributed by atoms with E-state index in [0.717, 1.165) is 54.9 Å². The average Bonchev–Trinajstić information content (AvgIpc) is 3.33. The number of amides is 1. The number of hydrogen-bond donors (Lipinski definition) is 1. The second kappa shape index (κ2) is 9.46. The standard InChI is InChI=1S/C27H28ClN3O2/c1-19-14-24-26(33-19)16-25(31(24)18-21-8-5-9-22(28)15-21)27(32)29-23-10-12-30(13-11-23)17-20-6-3-2-4-7-20/h2-9,14-16,23H,10-13,17-18H2,1H3,(H,29,32). The van der Waals surface area contributed by atoms with Crippen LogP contribution >= 0.6 is 11.6 Å². The number of aryl methyl sites for hydroxylation is 1. The number of nitrogens with one attached hydrogen (secondary N) is 1. The summed E-state index contributed by atoms with van der Waals surface area (Å²) in [7, 11) is 0. The van der Waals surface area contributed by atoms with Gasteiger partial charge in [0.1, 0.15) is 11.5 Å². The molecule has 3 heterocycles. The summed E-state index contributed by atoms with van der Waals surface area (Å²) in [5.74, 6) is 0.778. The topological polar surface area (TPSA) is 50.4 Å². The Morgan fingerprint density at radius 3 is 2.52 bits per heavy atom. The lowest BCUT2D eigenvalue weighted by atomic mass is 10.0. The highest BCUT2D eigenvalue weighted by molar-refractivity contribution is 6.30. The van der Waals surface area contributed by atoms with Crippen molar-refractivity contribution in [2.45, 2.75) is 38.9 Å². The molecule has 1 aliphatic rings. The average molecular weight is 462 g/mol. The van der Waals surface area contributed by atoms with E-state index in [9.17, 15) is 4.79 Å². The zero-order chi connectivity index (χ0) is 22.8. The minimum Gasteiger partial charge on any atom is -0.460 e. The number of furan rings is 1. The maximum absolute atomic E-state index is 13.3.